The van der Waals surface area contributed by atoms with Gasteiger partial charge in [0.25, 0.3) is 0 Å². The van der Waals surface area contributed by atoms with Crippen LogP contribution in [0.15, 0.2) is 18.5 Å². The Hall–Kier alpha value is 0.530. The van der Waals surface area contributed by atoms with Crippen molar-refractivity contribution in [3.8, 4) is 0 Å². The van der Waals surface area contributed by atoms with E-state index >= 15 is 0 Å². The van der Waals surface area contributed by atoms with Crippen molar-refractivity contribution in [2.75, 3.05) is 19.6 Å². The molecular weight excluding hydrogens is 440 g/mol. The Labute approximate surface area is 146 Å². The number of sulfonamides is 1. The van der Waals surface area contributed by atoms with Crippen molar-refractivity contribution in [1.29, 1.82) is 0 Å². The number of thiophene rings is 1. The lowest BCUT2D eigenvalue weighted by Crippen LogP contribution is -2.63. The zero-order valence-electron chi connectivity index (χ0n) is 11.6. The van der Waals surface area contributed by atoms with Gasteiger partial charge in [0.2, 0.25) is 10.0 Å². The first-order chi connectivity index (χ1) is 9.96. The third-order valence-corrected chi connectivity index (χ3v) is 9.21. The molecule has 4 nitrogen and oxygen atoms in total. The molecule has 0 aromatic carbocycles. The van der Waals surface area contributed by atoms with Gasteiger partial charge in [-0.25, -0.2) is 8.42 Å². The summed E-state index contributed by atoms with van der Waals surface area (Å²) < 4.78 is 29.6. The van der Waals surface area contributed by atoms with E-state index in [1.807, 2.05) is 0 Å². The molecule has 2 heterocycles. The number of halogens is 2. The van der Waals surface area contributed by atoms with Crippen molar-refractivity contribution in [1.82, 2.24) is 9.62 Å². The fraction of sp³-hybridized carbons (Fsp3) is 0.692. The maximum Gasteiger partial charge on any atom is 0.245 e. The molecule has 0 amide bonds. The number of rotatable bonds is 2. The van der Waals surface area contributed by atoms with Crippen LogP contribution < -0.4 is 5.32 Å². The van der Waals surface area contributed by atoms with Crippen molar-refractivity contribution in [2.24, 2.45) is 0 Å². The van der Waals surface area contributed by atoms with Crippen LogP contribution in [0.25, 0.3) is 0 Å². The number of hydrogen-bond acceptors (Lipinski definition) is 4. The molecule has 1 spiro atoms. The third-order valence-electron chi connectivity index (χ3n) is 4.45. The minimum absolute atomic E-state index is 0.233. The van der Waals surface area contributed by atoms with Gasteiger partial charge in [-0.15, -0.1) is 11.3 Å². The average Bonchev–Trinajstić information content (AvgIpc) is 2.80. The highest BCUT2D eigenvalue weighted by Gasteiger charge is 2.46. The highest BCUT2D eigenvalue weighted by atomic mass is 79.9. The summed E-state index contributed by atoms with van der Waals surface area (Å²) >= 11 is 8.19. The Kier molecular flexibility index (Phi) is 4.84. The molecule has 1 aromatic rings. The predicted molar refractivity (Wildman–Crippen MR) is 92.3 cm³/mol. The van der Waals surface area contributed by atoms with Gasteiger partial charge in [0.15, 0.2) is 0 Å². The van der Waals surface area contributed by atoms with E-state index in [2.05, 4.69) is 37.2 Å². The van der Waals surface area contributed by atoms with Gasteiger partial charge in [0.1, 0.15) is 4.90 Å². The lowest BCUT2D eigenvalue weighted by atomic mass is 9.80. The van der Waals surface area contributed by atoms with Crippen molar-refractivity contribution in [2.45, 2.75) is 42.5 Å². The number of nitrogens with one attached hydrogen (secondary N) is 1. The molecule has 21 heavy (non-hydrogen) atoms. The lowest BCUT2D eigenvalue weighted by molar-refractivity contribution is 0.101. The molecule has 2 fully saturated rings. The highest BCUT2D eigenvalue weighted by Crippen LogP contribution is 2.42. The maximum absolute atomic E-state index is 13.1. The molecule has 1 aromatic heterocycles. The van der Waals surface area contributed by atoms with Crippen LogP contribution in [0.3, 0.4) is 0 Å². The third kappa shape index (κ3) is 2.99. The second kappa shape index (κ2) is 6.20. The van der Waals surface area contributed by atoms with E-state index in [1.165, 1.54) is 17.8 Å². The summed E-state index contributed by atoms with van der Waals surface area (Å²) in [7, 11) is -3.45. The Balaban J connectivity index is 2.01. The van der Waals surface area contributed by atoms with Crippen LogP contribution in [0, 0.1) is 0 Å². The topological polar surface area (TPSA) is 49.4 Å². The summed E-state index contributed by atoms with van der Waals surface area (Å²) in [6.07, 6.45) is 5.36. The molecule has 1 aliphatic heterocycles. The van der Waals surface area contributed by atoms with Gasteiger partial charge >= 0.3 is 0 Å². The quantitative estimate of drug-likeness (QED) is 0.738. The molecule has 118 valence electrons. The Morgan fingerprint density at radius 3 is 2.57 bits per heavy atom. The Bertz CT molecular complexity index is 616. The maximum atomic E-state index is 13.1. The standard InChI is InChI=1S/C13H18Br2N2O2S2/c14-11-8-10(12(15)20-11)21(18,19)17-7-6-16-9-13(17)4-2-1-3-5-13/h8,16H,1-7,9H2. The summed E-state index contributed by atoms with van der Waals surface area (Å²) in [5.41, 5.74) is -0.233. The van der Waals surface area contributed by atoms with E-state index in [1.54, 1.807) is 10.4 Å². The summed E-state index contributed by atoms with van der Waals surface area (Å²) in [4.78, 5) is 0.395. The summed E-state index contributed by atoms with van der Waals surface area (Å²) in [6.45, 7) is 2.06. The molecule has 1 aliphatic carbocycles. The van der Waals surface area contributed by atoms with E-state index in [0.29, 0.717) is 15.2 Å². The Morgan fingerprint density at radius 1 is 1.24 bits per heavy atom. The molecule has 0 atom stereocenters. The predicted octanol–water partition coefficient (Wildman–Crippen LogP) is 3.57. The van der Waals surface area contributed by atoms with Crippen molar-refractivity contribution < 1.29 is 8.42 Å². The fourth-order valence-electron chi connectivity index (χ4n) is 3.46. The lowest BCUT2D eigenvalue weighted by Gasteiger charge is -2.48. The normalized spacial score (nSPS) is 23.5. The number of hydrogen-bond donors (Lipinski definition) is 1. The minimum Gasteiger partial charge on any atom is -0.314 e. The van der Waals surface area contributed by atoms with Crippen LogP contribution in [0.1, 0.15) is 32.1 Å². The van der Waals surface area contributed by atoms with Crippen molar-refractivity contribution >= 4 is 53.2 Å². The van der Waals surface area contributed by atoms with Crippen LogP contribution in [0.4, 0.5) is 0 Å². The first-order valence-corrected chi connectivity index (χ1v) is 11.0. The molecule has 1 saturated carbocycles. The van der Waals surface area contributed by atoms with Gasteiger partial charge < -0.3 is 5.32 Å². The molecule has 1 N–H and O–H groups in total. The van der Waals surface area contributed by atoms with Gasteiger partial charge in [-0.2, -0.15) is 4.31 Å². The number of nitrogens with zero attached hydrogens (tertiary/aromatic N) is 1. The molecule has 1 saturated heterocycles. The van der Waals surface area contributed by atoms with E-state index < -0.39 is 10.0 Å². The number of piperazine rings is 1. The van der Waals surface area contributed by atoms with Crippen LogP contribution in [-0.4, -0.2) is 37.9 Å². The Morgan fingerprint density at radius 2 is 1.95 bits per heavy atom. The van der Waals surface area contributed by atoms with Gasteiger partial charge in [-0.05, 0) is 50.8 Å². The van der Waals surface area contributed by atoms with Crippen LogP contribution in [0.2, 0.25) is 0 Å². The van der Waals surface area contributed by atoms with E-state index in [4.69, 9.17) is 0 Å². The zero-order chi connectivity index (χ0) is 15.1. The minimum atomic E-state index is -3.45. The molecule has 2 aliphatic rings. The fourth-order valence-corrected chi connectivity index (χ4v) is 9.05. The monoisotopic (exact) mass is 456 g/mol. The smallest absolute Gasteiger partial charge is 0.245 e. The molecule has 0 bridgehead atoms. The summed E-state index contributed by atoms with van der Waals surface area (Å²) in [5.74, 6) is 0. The van der Waals surface area contributed by atoms with Crippen LogP contribution >= 0.6 is 43.2 Å². The second-order valence-electron chi connectivity index (χ2n) is 5.73. The largest absolute Gasteiger partial charge is 0.314 e. The zero-order valence-corrected chi connectivity index (χ0v) is 16.4. The first kappa shape index (κ1) is 16.4. The first-order valence-electron chi connectivity index (χ1n) is 7.14. The van der Waals surface area contributed by atoms with Crippen molar-refractivity contribution in [3.63, 3.8) is 0 Å². The molecule has 8 heteroatoms. The van der Waals surface area contributed by atoms with E-state index in [9.17, 15) is 8.42 Å². The molecular formula is C13H18Br2N2O2S2. The van der Waals surface area contributed by atoms with Gasteiger partial charge in [-0.1, -0.05) is 19.3 Å². The van der Waals surface area contributed by atoms with Gasteiger partial charge in [0, 0.05) is 25.2 Å². The average molecular weight is 458 g/mol. The summed E-state index contributed by atoms with van der Waals surface area (Å²) in [5, 5.41) is 3.39. The van der Waals surface area contributed by atoms with E-state index in [0.717, 1.165) is 42.6 Å². The molecule has 0 radical (unpaired) electrons. The highest BCUT2D eigenvalue weighted by molar-refractivity contribution is 9.12. The van der Waals surface area contributed by atoms with Gasteiger partial charge in [-0.3, -0.25) is 0 Å². The van der Waals surface area contributed by atoms with Gasteiger partial charge in [0.05, 0.1) is 7.57 Å². The molecule has 3 rings (SSSR count). The van der Waals surface area contributed by atoms with E-state index in [-0.39, 0.29) is 5.54 Å². The SMILES string of the molecule is O=S(=O)(c1cc(Br)sc1Br)N1CCNCC12CCCCC2. The second-order valence-corrected chi connectivity index (χ2v) is 11.3. The molecule has 0 unspecified atom stereocenters. The van der Waals surface area contributed by atoms with Crippen molar-refractivity contribution in [3.05, 3.63) is 13.6 Å². The van der Waals surface area contributed by atoms with Crippen LogP contribution in [0.5, 0.6) is 0 Å². The van der Waals surface area contributed by atoms with Crippen LogP contribution in [-0.2, 0) is 10.0 Å². The summed E-state index contributed by atoms with van der Waals surface area (Å²) in [6, 6.07) is 1.71.